The second-order valence-electron chi connectivity index (χ2n) is 3.95. The monoisotopic (exact) mass is 243 g/mol. The van der Waals surface area contributed by atoms with Crippen LogP contribution in [0.2, 0.25) is 0 Å². The summed E-state index contributed by atoms with van der Waals surface area (Å²) in [5.41, 5.74) is 0.941. The predicted molar refractivity (Wildman–Crippen MR) is 67.1 cm³/mol. The summed E-state index contributed by atoms with van der Waals surface area (Å²) < 4.78 is 0. The number of amides is 1. The summed E-state index contributed by atoms with van der Waals surface area (Å²) in [7, 11) is 1.68. The number of H-pyrrole nitrogens is 1. The Kier molecular flexibility index (Phi) is 3.52. The highest BCUT2D eigenvalue weighted by Crippen LogP contribution is 2.04. The van der Waals surface area contributed by atoms with Gasteiger partial charge in [-0.1, -0.05) is 12.1 Å². The first-order chi connectivity index (χ1) is 8.66. The Hall–Kier alpha value is -2.43. The molecule has 0 unspecified atom stereocenters. The Morgan fingerprint density at radius 1 is 1.33 bits per heavy atom. The zero-order valence-corrected chi connectivity index (χ0v) is 9.96. The average molecular weight is 243 g/mol. The Labute approximate surface area is 104 Å². The van der Waals surface area contributed by atoms with Crippen molar-refractivity contribution in [2.24, 2.45) is 0 Å². The van der Waals surface area contributed by atoms with Crippen LogP contribution in [0, 0.1) is 0 Å². The quantitative estimate of drug-likeness (QED) is 0.876. The molecule has 0 aromatic carbocycles. The summed E-state index contributed by atoms with van der Waals surface area (Å²) in [6.07, 6.45) is 3.39. The molecule has 0 bridgehead atoms. The third kappa shape index (κ3) is 2.82. The fraction of sp³-hybridized carbons (Fsp3) is 0.154. The van der Waals surface area contributed by atoms with Gasteiger partial charge in [-0.25, -0.2) is 0 Å². The second kappa shape index (κ2) is 5.27. The van der Waals surface area contributed by atoms with Crippen molar-refractivity contribution in [1.82, 2.24) is 14.9 Å². The van der Waals surface area contributed by atoms with Crippen LogP contribution in [-0.4, -0.2) is 27.8 Å². The molecule has 0 aliphatic rings. The van der Waals surface area contributed by atoms with Gasteiger partial charge in [-0.05, 0) is 17.7 Å². The first kappa shape index (κ1) is 12.0. The minimum Gasteiger partial charge on any atom is -0.336 e. The summed E-state index contributed by atoms with van der Waals surface area (Å²) >= 11 is 0. The van der Waals surface area contributed by atoms with Crippen LogP contribution < -0.4 is 5.56 Å². The largest absolute Gasteiger partial charge is 0.336 e. The van der Waals surface area contributed by atoms with Crippen LogP contribution in [0.3, 0.4) is 0 Å². The highest BCUT2D eigenvalue weighted by molar-refractivity contribution is 5.91. The maximum Gasteiger partial charge on any atom is 0.270 e. The standard InChI is InChI=1S/C13H13N3O2/c1-16(9-10-4-3-7-14-8-10)13(18)11-5-2-6-12(17)15-11/h2-8H,9H2,1H3,(H,15,17). The lowest BCUT2D eigenvalue weighted by Crippen LogP contribution is -2.28. The summed E-state index contributed by atoms with van der Waals surface area (Å²) in [5, 5.41) is 0. The van der Waals surface area contributed by atoms with Crippen LogP contribution in [0.4, 0.5) is 0 Å². The van der Waals surface area contributed by atoms with E-state index in [1.54, 1.807) is 31.6 Å². The molecule has 0 aliphatic carbocycles. The van der Waals surface area contributed by atoms with Crippen molar-refractivity contribution in [3.8, 4) is 0 Å². The molecule has 18 heavy (non-hydrogen) atoms. The molecule has 0 saturated heterocycles. The van der Waals surface area contributed by atoms with Gasteiger partial charge < -0.3 is 9.88 Å². The molecule has 5 nitrogen and oxygen atoms in total. The van der Waals surface area contributed by atoms with Crippen LogP contribution in [0.25, 0.3) is 0 Å². The van der Waals surface area contributed by atoms with Gasteiger partial charge in [0.2, 0.25) is 5.56 Å². The molecule has 0 saturated carbocycles. The molecule has 92 valence electrons. The first-order valence-corrected chi connectivity index (χ1v) is 5.50. The molecule has 0 aliphatic heterocycles. The van der Waals surface area contributed by atoms with E-state index in [9.17, 15) is 9.59 Å². The number of hydrogen-bond donors (Lipinski definition) is 1. The van der Waals surface area contributed by atoms with Gasteiger partial charge in [0.15, 0.2) is 0 Å². The molecule has 2 aromatic heterocycles. The first-order valence-electron chi connectivity index (χ1n) is 5.50. The van der Waals surface area contributed by atoms with Gasteiger partial charge in [-0.3, -0.25) is 14.6 Å². The SMILES string of the molecule is CN(Cc1cccnc1)C(=O)c1cccc(=O)[nH]1. The van der Waals surface area contributed by atoms with Crippen molar-refractivity contribution >= 4 is 5.91 Å². The normalized spacial score (nSPS) is 10.1. The fourth-order valence-electron chi connectivity index (χ4n) is 1.62. The van der Waals surface area contributed by atoms with E-state index >= 15 is 0 Å². The second-order valence-corrected chi connectivity index (χ2v) is 3.95. The van der Waals surface area contributed by atoms with Crippen molar-refractivity contribution in [2.75, 3.05) is 7.05 Å². The van der Waals surface area contributed by atoms with E-state index in [1.165, 1.54) is 11.0 Å². The van der Waals surface area contributed by atoms with Crippen molar-refractivity contribution < 1.29 is 4.79 Å². The zero-order valence-electron chi connectivity index (χ0n) is 9.96. The zero-order chi connectivity index (χ0) is 13.0. The lowest BCUT2D eigenvalue weighted by molar-refractivity contribution is 0.0779. The fourth-order valence-corrected chi connectivity index (χ4v) is 1.62. The maximum atomic E-state index is 12.0. The average Bonchev–Trinajstić information content (AvgIpc) is 2.39. The number of pyridine rings is 2. The lowest BCUT2D eigenvalue weighted by Gasteiger charge is -2.16. The number of nitrogens with one attached hydrogen (secondary N) is 1. The summed E-state index contributed by atoms with van der Waals surface area (Å²) in [4.78, 5) is 31.2. The van der Waals surface area contributed by atoms with Crippen LogP contribution in [0.1, 0.15) is 16.1 Å². The van der Waals surface area contributed by atoms with Gasteiger partial charge in [0.1, 0.15) is 5.69 Å². The third-order valence-corrected chi connectivity index (χ3v) is 2.49. The Bertz CT molecular complexity index is 592. The van der Waals surface area contributed by atoms with Crippen molar-refractivity contribution in [3.63, 3.8) is 0 Å². The van der Waals surface area contributed by atoms with E-state index in [4.69, 9.17) is 0 Å². The van der Waals surface area contributed by atoms with Gasteiger partial charge >= 0.3 is 0 Å². The number of carbonyl (C=O) groups excluding carboxylic acids is 1. The van der Waals surface area contributed by atoms with Crippen LogP contribution in [0.5, 0.6) is 0 Å². The number of nitrogens with zero attached hydrogens (tertiary/aromatic N) is 2. The molecule has 1 amide bonds. The Morgan fingerprint density at radius 3 is 2.83 bits per heavy atom. The molecule has 2 aromatic rings. The molecule has 2 rings (SSSR count). The minimum absolute atomic E-state index is 0.225. The number of rotatable bonds is 3. The van der Waals surface area contributed by atoms with E-state index in [2.05, 4.69) is 9.97 Å². The van der Waals surface area contributed by atoms with E-state index in [-0.39, 0.29) is 17.2 Å². The van der Waals surface area contributed by atoms with Gasteiger partial charge in [0, 0.05) is 32.1 Å². The summed E-state index contributed by atoms with van der Waals surface area (Å²) in [5.74, 6) is -0.225. The number of aromatic nitrogens is 2. The van der Waals surface area contributed by atoms with Crippen molar-refractivity contribution in [1.29, 1.82) is 0 Å². The number of hydrogen-bond acceptors (Lipinski definition) is 3. The van der Waals surface area contributed by atoms with E-state index in [0.29, 0.717) is 6.54 Å². The molecular weight excluding hydrogens is 230 g/mol. The Morgan fingerprint density at radius 2 is 2.17 bits per heavy atom. The highest BCUT2D eigenvalue weighted by atomic mass is 16.2. The minimum atomic E-state index is -0.282. The Balaban J connectivity index is 2.12. The molecule has 0 atom stereocenters. The number of carbonyl (C=O) groups is 1. The maximum absolute atomic E-state index is 12.0. The predicted octanol–water partition coefficient (Wildman–Crippen LogP) is 1.04. The van der Waals surface area contributed by atoms with Gasteiger partial charge in [-0.2, -0.15) is 0 Å². The lowest BCUT2D eigenvalue weighted by atomic mass is 10.2. The van der Waals surface area contributed by atoms with Gasteiger partial charge in [-0.15, -0.1) is 0 Å². The van der Waals surface area contributed by atoms with Crippen LogP contribution in [0.15, 0.2) is 47.5 Å². The molecule has 0 spiro atoms. The molecule has 0 fully saturated rings. The number of aromatic amines is 1. The molecular formula is C13H13N3O2. The van der Waals surface area contributed by atoms with E-state index < -0.39 is 0 Å². The molecule has 1 N–H and O–H groups in total. The van der Waals surface area contributed by atoms with Gasteiger partial charge in [0.05, 0.1) is 0 Å². The molecule has 2 heterocycles. The van der Waals surface area contributed by atoms with Crippen LogP contribution in [-0.2, 0) is 6.54 Å². The summed E-state index contributed by atoms with van der Waals surface area (Å²) in [6, 6.07) is 8.23. The summed E-state index contributed by atoms with van der Waals surface area (Å²) in [6.45, 7) is 0.448. The van der Waals surface area contributed by atoms with E-state index in [0.717, 1.165) is 5.56 Å². The van der Waals surface area contributed by atoms with Crippen LogP contribution >= 0.6 is 0 Å². The smallest absolute Gasteiger partial charge is 0.270 e. The molecule has 5 heteroatoms. The topological polar surface area (TPSA) is 66.1 Å². The van der Waals surface area contributed by atoms with Gasteiger partial charge in [0.25, 0.3) is 5.91 Å². The molecule has 0 radical (unpaired) electrons. The van der Waals surface area contributed by atoms with Crippen molar-refractivity contribution in [2.45, 2.75) is 6.54 Å². The van der Waals surface area contributed by atoms with Crippen molar-refractivity contribution in [3.05, 3.63) is 64.3 Å². The highest BCUT2D eigenvalue weighted by Gasteiger charge is 2.12. The third-order valence-electron chi connectivity index (χ3n) is 2.49. The van der Waals surface area contributed by atoms with E-state index in [1.807, 2.05) is 12.1 Å².